The Hall–Kier alpha value is -2.45. The van der Waals surface area contributed by atoms with Gasteiger partial charge < -0.3 is 10.1 Å². The lowest BCUT2D eigenvalue weighted by molar-refractivity contribution is -0.383. The van der Waals surface area contributed by atoms with Crippen LogP contribution in [0.4, 0.5) is 11.4 Å². The maximum atomic E-state index is 12.1. The first-order valence-corrected chi connectivity index (χ1v) is 9.16. The summed E-state index contributed by atoms with van der Waals surface area (Å²) in [5.74, 6) is -1.23. The monoisotopic (exact) mass is 394 g/mol. The van der Waals surface area contributed by atoms with E-state index < -0.39 is 23.4 Å². The third kappa shape index (κ3) is 4.20. The zero-order chi connectivity index (χ0) is 18.7. The van der Waals surface area contributed by atoms with Gasteiger partial charge in [0.25, 0.3) is 11.6 Å². The molecule has 0 aliphatic heterocycles. The van der Waals surface area contributed by atoms with E-state index in [9.17, 15) is 19.7 Å². The number of carbonyl (C=O) groups is 2. The maximum Gasteiger partial charge on any atom is 0.348 e. The van der Waals surface area contributed by atoms with Crippen molar-refractivity contribution in [2.24, 2.45) is 0 Å². The second-order valence-corrected chi connectivity index (χ2v) is 7.38. The van der Waals surface area contributed by atoms with Gasteiger partial charge in [-0.25, -0.2) is 4.79 Å². The number of ether oxygens (including phenoxy) is 1. The van der Waals surface area contributed by atoms with Gasteiger partial charge in [0.2, 0.25) is 0 Å². The first-order valence-electron chi connectivity index (χ1n) is 7.96. The molecule has 1 aliphatic rings. The number of benzene rings is 1. The third-order valence-corrected chi connectivity index (χ3v) is 5.41. The maximum absolute atomic E-state index is 12.1. The van der Waals surface area contributed by atoms with Crippen LogP contribution in [0.25, 0.3) is 0 Å². The Morgan fingerprint density at radius 1 is 1.27 bits per heavy atom. The molecule has 2 aromatic rings. The number of carbonyl (C=O) groups excluding carboxylic acids is 2. The van der Waals surface area contributed by atoms with E-state index in [0.29, 0.717) is 4.88 Å². The summed E-state index contributed by atoms with van der Waals surface area (Å²) in [4.78, 5) is 36.1. The van der Waals surface area contributed by atoms with Crippen molar-refractivity contribution in [1.82, 2.24) is 0 Å². The Kier molecular flexibility index (Phi) is 5.53. The summed E-state index contributed by atoms with van der Waals surface area (Å²) in [6.45, 7) is -0.527. The third-order valence-electron chi connectivity index (χ3n) is 3.96. The van der Waals surface area contributed by atoms with Crippen LogP contribution in [0.3, 0.4) is 0 Å². The molecule has 0 radical (unpaired) electrons. The van der Waals surface area contributed by atoms with Gasteiger partial charge in [-0.15, -0.1) is 11.3 Å². The van der Waals surface area contributed by atoms with Gasteiger partial charge in [0.15, 0.2) is 6.61 Å². The second kappa shape index (κ2) is 7.84. The molecule has 1 aromatic heterocycles. The highest BCUT2D eigenvalue weighted by molar-refractivity contribution is 7.14. The summed E-state index contributed by atoms with van der Waals surface area (Å²) in [7, 11) is 0. The molecule has 7 nitrogen and oxygen atoms in total. The lowest BCUT2D eigenvalue weighted by atomic mass is 9.99. The Bertz CT molecular complexity index is 857. The van der Waals surface area contributed by atoms with Crippen molar-refractivity contribution in [2.75, 3.05) is 11.9 Å². The molecule has 0 bridgehead atoms. The number of anilines is 1. The van der Waals surface area contributed by atoms with Crippen molar-refractivity contribution < 1.29 is 19.2 Å². The van der Waals surface area contributed by atoms with Crippen LogP contribution in [0.1, 0.15) is 33.0 Å². The number of hydrogen-bond acceptors (Lipinski definition) is 6. The van der Waals surface area contributed by atoms with Gasteiger partial charge in [0, 0.05) is 16.0 Å². The fourth-order valence-electron chi connectivity index (χ4n) is 2.74. The normalized spacial score (nSPS) is 13.0. The first kappa shape index (κ1) is 18.3. The van der Waals surface area contributed by atoms with E-state index in [4.69, 9.17) is 16.3 Å². The molecule has 1 aliphatic carbocycles. The number of esters is 1. The molecule has 0 saturated heterocycles. The standard InChI is InChI=1S/C17H15ClN2O5S/c18-11-5-6-12(13(8-11)20(23)24)19-16(21)9-25-17(22)15-7-10-3-1-2-4-14(10)26-15/h5-8H,1-4,9H2,(H,19,21). The summed E-state index contributed by atoms with van der Waals surface area (Å²) in [6.07, 6.45) is 4.15. The average Bonchev–Trinajstić information content (AvgIpc) is 3.05. The molecule has 3 rings (SSSR count). The molecule has 1 aromatic carbocycles. The summed E-state index contributed by atoms with van der Waals surface area (Å²) >= 11 is 7.12. The average molecular weight is 395 g/mol. The highest BCUT2D eigenvalue weighted by atomic mass is 35.5. The van der Waals surface area contributed by atoms with Crippen LogP contribution < -0.4 is 5.32 Å². The Morgan fingerprint density at radius 3 is 2.77 bits per heavy atom. The van der Waals surface area contributed by atoms with Crippen LogP contribution >= 0.6 is 22.9 Å². The van der Waals surface area contributed by atoms with Gasteiger partial charge in [-0.1, -0.05) is 11.6 Å². The van der Waals surface area contributed by atoms with E-state index in [1.807, 2.05) is 6.07 Å². The predicted molar refractivity (Wildman–Crippen MR) is 98.0 cm³/mol. The van der Waals surface area contributed by atoms with Crippen molar-refractivity contribution in [2.45, 2.75) is 25.7 Å². The van der Waals surface area contributed by atoms with Crippen LogP contribution in [0.5, 0.6) is 0 Å². The molecule has 136 valence electrons. The van der Waals surface area contributed by atoms with Crippen molar-refractivity contribution in [3.63, 3.8) is 0 Å². The van der Waals surface area contributed by atoms with Gasteiger partial charge >= 0.3 is 5.97 Å². The Morgan fingerprint density at radius 2 is 2.04 bits per heavy atom. The van der Waals surface area contributed by atoms with E-state index in [2.05, 4.69) is 5.32 Å². The molecule has 1 N–H and O–H groups in total. The molecular weight excluding hydrogens is 380 g/mol. The number of hydrogen-bond donors (Lipinski definition) is 1. The second-order valence-electron chi connectivity index (χ2n) is 5.81. The number of thiophene rings is 1. The lowest BCUT2D eigenvalue weighted by Gasteiger charge is -2.08. The number of nitro benzene ring substituents is 1. The number of nitrogens with one attached hydrogen (secondary N) is 1. The first-order chi connectivity index (χ1) is 12.4. The number of fused-ring (bicyclic) bond motifs is 1. The Balaban J connectivity index is 1.60. The van der Waals surface area contributed by atoms with Crippen LogP contribution in [0.2, 0.25) is 5.02 Å². The number of aryl methyl sites for hydroxylation is 2. The molecule has 0 spiro atoms. The summed E-state index contributed by atoms with van der Waals surface area (Å²) < 4.78 is 5.03. The molecule has 9 heteroatoms. The quantitative estimate of drug-likeness (QED) is 0.469. The van der Waals surface area contributed by atoms with Gasteiger partial charge in [0.1, 0.15) is 10.6 Å². The number of halogens is 1. The van der Waals surface area contributed by atoms with E-state index >= 15 is 0 Å². The number of nitrogens with zero attached hydrogens (tertiary/aromatic N) is 1. The van der Waals surface area contributed by atoms with Crippen LogP contribution in [0, 0.1) is 10.1 Å². The van der Waals surface area contributed by atoms with Crippen molar-refractivity contribution in [3.8, 4) is 0 Å². The summed E-state index contributed by atoms with van der Waals surface area (Å²) in [5.41, 5.74) is 0.838. The minimum absolute atomic E-state index is 0.00737. The molecule has 1 amide bonds. The van der Waals surface area contributed by atoms with Gasteiger partial charge in [-0.05, 0) is 49.4 Å². The van der Waals surface area contributed by atoms with Gasteiger partial charge in [-0.3, -0.25) is 14.9 Å². The van der Waals surface area contributed by atoms with Crippen LogP contribution in [-0.2, 0) is 22.4 Å². The summed E-state index contributed by atoms with van der Waals surface area (Å²) in [6, 6.07) is 5.71. The summed E-state index contributed by atoms with van der Waals surface area (Å²) in [5, 5.41) is 13.6. The number of rotatable bonds is 5. The minimum atomic E-state index is -0.662. The number of nitro groups is 1. The van der Waals surface area contributed by atoms with E-state index in [1.165, 1.54) is 33.9 Å². The van der Waals surface area contributed by atoms with Crippen molar-refractivity contribution in [3.05, 3.63) is 54.7 Å². The highest BCUT2D eigenvalue weighted by Crippen LogP contribution is 2.30. The fourth-order valence-corrected chi connectivity index (χ4v) is 4.06. The minimum Gasteiger partial charge on any atom is -0.451 e. The largest absolute Gasteiger partial charge is 0.451 e. The topological polar surface area (TPSA) is 98.5 Å². The van der Waals surface area contributed by atoms with Gasteiger partial charge in [0.05, 0.1) is 4.92 Å². The molecular formula is C17H15ClN2O5S. The highest BCUT2D eigenvalue weighted by Gasteiger charge is 2.20. The molecule has 0 fully saturated rings. The van der Waals surface area contributed by atoms with Crippen molar-refractivity contribution >= 4 is 46.2 Å². The number of amides is 1. The molecule has 1 heterocycles. The van der Waals surface area contributed by atoms with E-state index in [0.717, 1.165) is 31.7 Å². The van der Waals surface area contributed by atoms with Gasteiger partial charge in [-0.2, -0.15) is 0 Å². The van der Waals surface area contributed by atoms with Crippen molar-refractivity contribution in [1.29, 1.82) is 0 Å². The molecule has 0 saturated carbocycles. The Labute approximate surface area is 158 Å². The fraction of sp³-hybridized carbons (Fsp3) is 0.294. The lowest BCUT2D eigenvalue weighted by Crippen LogP contribution is -2.21. The zero-order valence-corrected chi connectivity index (χ0v) is 15.2. The van der Waals surface area contributed by atoms with Crippen LogP contribution in [0.15, 0.2) is 24.3 Å². The molecule has 26 heavy (non-hydrogen) atoms. The van der Waals surface area contributed by atoms with E-state index in [1.54, 1.807) is 0 Å². The smallest absolute Gasteiger partial charge is 0.348 e. The van der Waals surface area contributed by atoms with E-state index in [-0.39, 0.29) is 16.4 Å². The molecule has 0 unspecified atom stereocenters. The zero-order valence-electron chi connectivity index (χ0n) is 13.6. The van der Waals surface area contributed by atoms with Crippen LogP contribution in [-0.4, -0.2) is 23.4 Å². The predicted octanol–water partition coefficient (Wildman–Crippen LogP) is 3.98. The molecule has 0 atom stereocenters. The SMILES string of the molecule is O=C(COC(=O)c1cc2c(s1)CCCC2)Nc1ccc(Cl)cc1[N+](=O)[O-].